The highest BCUT2D eigenvalue weighted by atomic mass is 16.3. The van der Waals surface area contributed by atoms with Crippen LogP contribution >= 0.6 is 0 Å². The van der Waals surface area contributed by atoms with Gasteiger partial charge in [-0.15, -0.1) is 0 Å². The molecular weight excluding hydrogens is 590 g/mol. The Bertz CT molecular complexity index is 2770. The van der Waals surface area contributed by atoms with Crippen molar-refractivity contribution in [1.82, 2.24) is 5.32 Å². The molecule has 0 saturated carbocycles. The van der Waals surface area contributed by atoms with E-state index in [0.717, 1.165) is 77.5 Å². The minimum absolute atomic E-state index is 0.368. The number of aliphatic imine (C=N–C) groups is 2. The topological polar surface area (TPSA) is 63.0 Å². The van der Waals surface area contributed by atoms with Crippen LogP contribution in [0, 0.1) is 0 Å². The van der Waals surface area contributed by atoms with Gasteiger partial charge in [0.2, 0.25) is 0 Å². The van der Waals surface area contributed by atoms with E-state index in [1.54, 1.807) is 0 Å². The summed E-state index contributed by atoms with van der Waals surface area (Å²) in [6.45, 7) is 0. The first-order valence-electron chi connectivity index (χ1n) is 16.1. The molecule has 1 N–H and O–H groups in total. The molecular formula is C43H27N3O2. The average Bonchev–Trinajstić information content (AvgIpc) is 3.72. The van der Waals surface area contributed by atoms with Crippen LogP contribution in [0.4, 0.5) is 0 Å². The van der Waals surface area contributed by atoms with E-state index < -0.39 is 0 Å². The molecule has 5 nitrogen and oxygen atoms in total. The van der Waals surface area contributed by atoms with E-state index in [2.05, 4.69) is 102 Å². The lowest BCUT2D eigenvalue weighted by Crippen LogP contribution is -2.33. The van der Waals surface area contributed by atoms with E-state index in [1.165, 1.54) is 10.8 Å². The van der Waals surface area contributed by atoms with Crippen LogP contribution in [-0.2, 0) is 0 Å². The second kappa shape index (κ2) is 10.5. The summed E-state index contributed by atoms with van der Waals surface area (Å²) in [6.07, 6.45) is -0.368. The number of furan rings is 2. The summed E-state index contributed by atoms with van der Waals surface area (Å²) < 4.78 is 12.5. The molecule has 1 unspecified atom stereocenters. The molecule has 0 fully saturated rings. The SMILES string of the molecule is c1ccc(C2=NC(c3cccc4oc5ccc(-c6ccc7ccccc7c6)cc5c34)=NC(c3ccc4oc5ccccc5c4c3)N2)cc1. The average molecular weight is 618 g/mol. The van der Waals surface area contributed by atoms with Crippen LogP contribution in [0.15, 0.2) is 170 Å². The standard InChI is InChI=1S/C43H27N3O2/c1-2-10-27(11-3-1)41-44-42(31-20-22-37-34(25-31)32-13-6-7-15-36(32)47-37)46-43(45-41)33-14-8-16-39-40(33)35-24-30(19-21-38(35)48-39)29-18-17-26-9-4-5-12-28(26)23-29/h1-25,42H,(H,44,45,46). The molecule has 10 rings (SSSR count). The van der Waals surface area contributed by atoms with Crippen molar-refractivity contribution in [1.29, 1.82) is 0 Å². The smallest absolute Gasteiger partial charge is 0.160 e. The van der Waals surface area contributed by atoms with Crippen molar-refractivity contribution in [3.8, 4) is 11.1 Å². The quantitative estimate of drug-likeness (QED) is 0.214. The van der Waals surface area contributed by atoms with Gasteiger partial charge in [0, 0.05) is 32.7 Å². The second-order valence-electron chi connectivity index (χ2n) is 12.2. The normalized spacial score (nSPS) is 14.9. The highest BCUT2D eigenvalue weighted by Gasteiger charge is 2.24. The molecule has 5 heteroatoms. The summed E-state index contributed by atoms with van der Waals surface area (Å²) in [4.78, 5) is 10.4. The van der Waals surface area contributed by atoms with Gasteiger partial charge in [-0.25, -0.2) is 9.98 Å². The molecule has 2 aromatic heterocycles. The third-order valence-corrected chi connectivity index (χ3v) is 9.33. The molecule has 0 spiro atoms. The van der Waals surface area contributed by atoms with Crippen LogP contribution < -0.4 is 5.32 Å². The number of hydrogen-bond acceptors (Lipinski definition) is 5. The van der Waals surface area contributed by atoms with Gasteiger partial charge in [0.25, 0.3) is 0 Å². The first kappa shape index (κ1) is 26.7. The maximum absolute atomic E-state index is 6.42. The molecule has 0 saturated heterocycles. The summed E-state index contributed by atoms with van der Waals surface area (Å²) in [5.41, 5.74) is 8.60. The summed E-state index contributed by atoms with van der Waals surface area (Å²) in [6, 6.07) is 52.3. The number of benzene rings is 7. The van der Waals surface area contributed by atoms with Crippen LogP contribution in [0.1, 0.15) is 22.9 Å². The zero-order chi connectivity index (χ0) is 31.6. The van der Waals surface area contributed by atoms with Crippen molar-refractivity contribution < 1.29 is 8.83 Å². The predicted molar refractivity (Wildman–Crippen MR) is 196 cm³/mol. The van der Waals surface area contributed by atoms with Crippen molar-refractivity contribution >= 4 is 66.3 Å². The number of rotatable bonds is 4. The molecule has 0 aliphatic carbocycles. The number of nitrogens with one attached hydrogen (secondary N) is 1. The summed E-state index contributed by atoms with van der Waals surface area (Å²) in [7, 11) is 0. The first-order chi connectivity index (χ1) is 23.7. The summed E-state index contributed by atoms with van der Waals surface area (Å²) in [5.74, 6) is 1.42. The Balaban J connectivity index is 1.15. The van der Waals surface area contributed by atoms with Gasteiger partial charge >= 0.3 is 0 Å². The monoisotopic (exact) mass is 617 g/mol. The third-order valence-electron chi connectivity index (χ3n) is 9.33. The predicted octanol–water partition coefficient (Wildman–Crippen LogP) is 10.8. The van der Waals surface area contributed by atoms with Gasteiger partial charge in [-0.05, 0) is 69.9 Å². The Morgan fingerprint density at radius 1 is 0.479 bits per heavy atom. The van der Waals surface area contributed by atoms with Crippen LogP contribution in [-0.4, -0.2) is 11.7 Å². The first-order valence-corrected chi connectivity index (χ1v) is 16.1. The van der Waals surface area contributed by atoms with Crippen LogP contribution in [0.2, 0.25) is 0 Å². The Labute approximate surface area is 275 Å². The fourth-order valence-electron chi connectivity index (χ4n) is 6.96. The highest BCUT2D eigenvalue weighted by Crippen LogP contribution is 2.37. The lowest BCUT2D eigenvalue weighted by Gasteiger charge is -2.24. The van der Waals surface area contributed by atoms with Gasteiger partial charge in [0.15, 0.2) is 5.84 Å². The largest absolute Gasteiger partial charge is 0.456 e. The Morgan fingerprint density at radius 3 is 2.12 bits per heavy atom. The van der Waals surface area contributed by atoms with Gasteiger partial charge in [-0.3, -0.25) is 0 Å². The Kier molecular flexibility index (Phi) is 5.87. The molecule has 1 atom stereocenters. The van der Waals surface area contributed by atoms with E-state index in [0.29, 0.717) is 5.84 Å². The number of para-hydroxylation sites is 1. The second-order valence-corrected chi connectivity index (χ2v) is 12.2. The molecule has 1 aliphatic rings. The van der Waals surface area contributed by atoms with E-state index >= 15 is 0 Å². The van der Waals surface area contributed by atoms with Gasteiger partial charge < -0.3 is 14.2 Å². The third kappa shape index (κ3) is 4.32. The lowest BCUT2D eigenvalue weighted by molar-refractivity contribution is 0.663. The minimum Gasteiger partial charge on any atom is -0.456 e. The summed E-state index contributed by atoms with van der Waals surface area (Å²) in [5, 5.41) is 10.3. The molecule has 9 aromatic rings. The van der Waals surface area contributed by atoms with Crippen LogP contribution in [0.5, 0.6) is 0 Å². The molecule has 1 aliphatic heterocycles. The van der Waals surface area contributed by atoms with E-state index in [9.17, 15) is 0 Å². The molecule has 226 valence electrons. The zero-order valence-corrected chi connectivity index (χ0v) is 25.7. The molecule has 0 amide bonds. The molecule has 48 heavy (non-hydrogen) atoms. The highest BCUT2D eigenvalue weighted by molar-refractivity contribution is 6.22. The van der Waals surface area contributed by atoms with Gasteiger partial charge in [-0.1, -0.05) is 109 Å². The molecule has 0 bridgehead atoms. The number of hydrogen-bond donors (Lipinski definition) is 1. The zero-order valence-electron chi connectivity index (χ0n) is 25.7. The minimum atomic E-state index is -0.368. The fraction of sp³-hybridized carbons (Fsp3) is 0.0233. The molecule has 0 radical (unpaired) electrons. The lowest BCUT2D eigenvalue weighted by atomic mass is 9.98. The van der Waals surface area contributed by atoms with Gasteiger partial charge in [0.1, 0.15) is 34.3 Å². The Hall–Kier alpha value is -6.46. The van der Waals surface area contributed by atoms with Gasteiger partial charge in [0.05, 0.1) is 0 Å². The van der Waals surface area contributed by atoms with Crippen molar-refractivity contribution in [2.45, 2.75) is 6.17 Å². The van der Waals surface area contributed by atoms with Crippen molar-refractivity contribution in [3.05, 3.63) is 168 Å². The van der Waals surface area contributed by atoms with E-state index in [-0.39, 0.29) is 6.17 Å². The number of nitrogens with zero attached hydrogens (tertiary/aromatic N) is 2. The van der Waals surface area contributed by atoms with Crippen LogP contribution in [0.25, 0.3) is 65.8 Å². The van der Waals surface area contributed by atoms with E-state index in [1.807, 2.05) is 54.6 Å². The molecule has 7 aromatic carbocycles. The van der Waals surface area contributed by atoms with Crippen molar-refractivity contribution in [2.75, 3.05) is 0 Å². The van der Waals surface area contributed by atoms with Crippen molar-refractivity contribution in [2.24, 2.45) is 9.98 Å². The maximum Gasteiger partial charge on any atom is 0.160 e. The summed E-state index contributed by atoms with van der Waals surface area (Å²) >= 11 is 0. The van der Waals surface area contributed by atoms with Gasteiger partial charge in [-0.2, -0.15) is 0 Å². The van der Waals surface area contributed by atoms with Crippen molar-refractivity contribution in [3.63, 3.8) is 0 Å². The number of amidine groups is 2. The molecule has 3 heterocycles. The Morgan fingerprint density at radius 2 is 1.19 bits per heavy atom. The van der Waals surface area contributed by atoms with E-state index in [4.69, 9.17) is 18.8 Å². The number of fused-ring (bicyclic) bond motifs is 7. The van der Waals surface area contributed by atoms with Crippen LogP contribution in [0.3, 0.4) is 0 Å². The fourth-order valence-corrected chi connectivity index (χ4v) is 6.96. The maximum atomic E-state index is 6.42.